The van der Waals surface area contributed by atoms with Crippen LogP contribution in [-0.2, 0) is 0 Å². The third-order valence-corrected chi connectivity index (χ3v) is 8.83. The fourth-order valence-corrected chi connectivity index (χ4v) is 6.46. The summed E-state index contributed by atoms with van der Waals surface area (Å²) in [7, 11) is 0. The van der Waals surface area contributed by atoms with E-state index < -0.39 is 125 Å². The average molecular weight is 709 g/mol. The number of hydrogen-bond acceptors (Lipinski definition) is 5. The lowest BCUT2D eigenvalue weighted by Gasteiger charge is -2.27. The fourth-order valence-electron chi connectivity index (χ4n) is 6.46. The molecule has 0 atom stereocenters. The molecule has 0 aliphatic rings. The van der Waals surface area contributed by atoms with Crippen molar-refractivity contribution in [3.8, 4) is 45.3 Å². The van der Waals surface area contributed by atoms with Gasteiger partial charge in [0.05, 0.1) is 27.6 Å². The predicted molar refractivity (Wildman–Crippen MR) is 221 cm³/mol. The molecule has 0 aliphatic heterocycles. The normalized spacial score (nSPS) is 15.5. The van der Waals surface area contributed by atoms with E-state index in [2.05, 4.69) is 0 Å². The number of furan rings is 1. The maximum absolute atomic E-state index is 9.87. The topological polar surface area (TPSA) is 55.1 Å². The Hall–Kier alpha value is -7.37. The number of benzene rings is 8. The summed E-state index contributed by atoms with van der Waals surface area (Å²) in [4.78, 5) is 15.4. The average Bonchev–Trinajstić information content (AvgIpc) is 3.76. The van der Waals surface area contributed by atoms with Gasteiger partial charge in [-0.15, -0.1) is 0 Å². The quantitative estimate of drug-likeness (QED) is 0.165. The third-order valence-electron chi connectivity index (χ3n) is 8.83. The first-order chi connectivity index (χ1) is 33.4. The number of aromatic nitrogens is 3. The lowest BCUT2D eigenvalue weighted by molar-refractivity contribution is 0.669. The first kappa shape index (κ1) is 18.9. The van der Waals surface area contributed by atoms with Gasteiger partial charge in [-0.2, -0.15) is 0 Å². The molecule has 0 fully saturated rings. The van der Waals surface area contributed by atoms with Crippen LogP contribution in [0.15, 0.2) is 198 Å². The Kier molecular flexibility index (Phi) is 4.66. The highest BCUT2D eigenvalue weighted by Crippen LogP contribution is 2.44. The molecule has 0 spiro atoms. The molecule has 0 amide bonds. The molecule has 5 heteroatoms. The van der Waals surface area contributed by atoms with Gasteiger partial charge in [0.2, 0.25) is 0 Å². The van der Waals surface area contributed by atoms with Crippen LogP contribution in [-0.4, -0.2) is 15.0 Å². The molecule has 5 nitrogen and oxygen atoms in total. The molecule has 10 rings (SSSR count). The molecular formula is C49H32N4O. The zero-order valence-corrected chi connectivity index (χ0v) is 27.9. The largest absolute Gasteiger partial charge is 0.456 e. The zero-order valence-electron chi connectivity index (χ0n) is 43.9. The van der Waals surface area contributed by atoms with Gasteiger partial charge in [0.1, 0.15) is 11.2 Å². The predicted octanol–water partition coefficient (Wildman–Crippen LogP) is 13.1. The summed E-state index contributed by atoms with van der Waals surface area (Å²) in [5.41, 5.74) is -0.135. The van der Waals surface area contributed by atoms with E-state index in [-0.39, 0.29) is 22.5 Å². The maximum Gasteiger partial charge on any atom is 0.164 e. The van der Waals surface area contributed by atoms with Gasteiger partial charge >= 0.3 is 0 Å². The van der Waals surface area contributed by atoms with Gasteiger partial charge in [0.25, 0.3) is 0 Å². The summed E-state index contributed by atoms with van der Waals surface area (Å²) in [6, 6.07) is 15.0. The van der Waals surface area contributed by atoms with Crippen molar-refractivity contribution in [1.82, 2.24) is 15.0 Å². The first-order valence-electron chi connectivity index (χ1n) is 24.7. The minimum absolute atomic E-state index is 0.0849. The van der Waals surface area contributed by atoms with Crippen LogP contribution in [0.25, 0.3) is 78.0 Å². The highest BCUT2D eigenvalue weighted by Gasteiger charge is 2.22. The van der Waals surface area contributed by atoms with Crippen LogP contribution in [0.5, 0.6) is 0 Å². The van der Waals surface area contributed by atoms with Crippen molar-refractivity contribution in [2.75, 3.05) is 4.90 Å². The summed E-state index contributed by atoms with van der Waals surface area (Å²) in [5, 5.41) is 0.269. The first-order valence-corrected chi connectivity index (χ1v) is 16.7. The van der Waals surface area contributed by atoms with Crippen LogP contribution in [0.1, 0.15) is 21.9 Å². The van der Waals surface area contributed by atoms with E-state index in [4.69, 9.17) is 35.8 Å². The summed E-state index contributed by atoms with van der Waals surface area (Å²) < 4.78 is 150. The van der Waals surface area contributed by atoms with E-state index in [0.717, 1.165) is 0 Å². The molecule has 0 radical (unpaired) electrons. The van der Waals surface area contributed by atoms with Gasteiger partial charge in [-0.3, -0.25) is 0 Å². The fraction of sp³-hybridized carbons (Fsp3) is 0. The van der Waals surface area contributed by atoms with Gasteiger partial charge in [0, 0.05) is 44.2 Å². The lowest BCUT2D eigenvalue weighted by atomic mass is 9.93. The highest BCUT2D eigenvalue weighted by molar-refractivity contribution is 6.14. The molecule has 2 heterocycles. The van der Waals surface area contributed by atoms with E-state index in [1.807, 2.05) is 72.8 Å². The molecule has 8 aromatic carbocycles. The number of para-hydroxylation sites is 3. The molecule has 0 saturated carbocycles. The molecular weight excluding hydrogens is 661 g/mol. The Morgan fingerprint density at radius 3 is 1.63 bits per heavy atom. The van der Waals surface area contributed by atoms with Crippen LogP contribution in [0.2, 0.25) is 0 Å². The number of hydrogen-bond donors (Lipinski definition) is 0. The second kappa shape index (κ2) is 13.3. The van der Waals surface area contributed by atoms with Crippen molar-refractivity contribution in [1.29, 1.82) is 0 Å². The molecule has 254 valence electrons. The summed E-state index contributed by atoms with van der Waals surface area (Å²) in [5.74, 6) is 0.782. The smallest absolute Gasteiger partial charge is 0.164 e. The van der Waals surface area contributed by atoms with E-state index in [9.17, 15) is 5.48 Å². The van der Waals surface area contributed by atoms with Crippen molar-refractivity contribution < 1.29 is 26.3 Å². The monoisotopic (exact) mass is 708 g/mol. The molecule has 0 aliphatic carbocycles. The zero-order chi connectivity index (χ0) is 49.8. The van der Waals surface area contributed by atoms with Gasteiger partial charge in [-0.05, 0) is 64.9 Å². The Morgan fingerprint density at radius 2 is 0.981 bits per heavy atom. The Labute approximate surface area is 335 Å². The second-order valence-corrected chi connectivity index (χ2v) is 12.0. The van der Waals surface area contributed by atoms with Crippen molar-refractivity contribution in [3.05, 3.63) is 194 Å². The number of fused-ring (bicyclic) bond motifs is 4. The summed E-state index contributed by atoms with van der Waals surface area (Å²) in [6.45, 7) is 0. The number of nitrogens with zero attached hydrogens (tertiary/aromatic N) is 4. The van der Waals surface area contributed by atoms with Crippen LogP contribution >= 0.6 is 0 Å². The van der Waals surface area contributed by atoms with E-state index in [0.29, 0.717) is 49.6 Å². The maximum atomic E-state index is 9.87. The van der Waals surface area contributed by atoms with Gasteiger partial charge in [0.15, 0.2) is 17.5 Å². The molecule has 54 heavy (non-hydrogen) atoms. The standard InChI is InChI=1S/C49H32N4O/c1-5-17-33(18-6-1)47-50-48(34-19-7-2-8-20-34)52-49(51-47)42-31-35(32-45-46(42)41-27-15-16-28-44(41)54-45)38-29-30-43(40-26-14-13-25-39(38)40)53(36-21-9-3-10-22-36)37-23-11-4-12-24-37/h1-32H/i3D,4D,9D,10D,11D,12D,13D,14D,21D,22D,23D,24D,25D,26D,29D,30D. The number of rotatable bonds is 7. The van der Waals surface area contributed by atoms with E-state index >= 15 is 0 Å². The highest BCUT2D eigenvalue weighted by atomic mass is 16.3. The third kappa shape index (κ3) is 5.56. The van der Waals surface area contributed by atoms with Crippen LogP contribution in [0.3, 0.4) is 0 Å². The minimum Gasteiger partial charge on any atom is -0.456 e. The van der Waals surface area contributed by atoms with Gasteiger partial charge < -0.3 is 9.32 Å². The van der Waals surface area contributed by atoms with Gasteiger partial charge in [-0.25, -0.2) is 15.0 Å². The molecule has 0 unspecified atom stereocenters. The van der Waals surface area contributed by atoms with Gasteiger partial charge in [-0.1, -0.05) is 145 Å². The van der Waals surface area contributed by atoms with Crippen LogP contribution in [0, 0.1) is 0 Å². The Morgan fingerprint density at radius 1 is 0.426 bits per heavy atom. The Bertz CT molecular complexity index is 3690. The van der Waals surface area contributed by atoms with Crippen molar-refractivity contribution in [3.63, 3.8) is 0 Å². The SMILES string of the molecule is [2H]c1c([2H])c([2H])c(N(c2c([2H])c([2H])c([2H])c([2H])c2[2H])c2c([2H])c([2H])c(-c3cc(-c4nc(-c5ccccc5)nc(-c5ccccc5)n4)c4c(c3)oc3ccccc34)c3c([2H])c([2H])c([2H])c([2H])c23)c([2H])c1[2H]. The molecule has 10 aromatic rings. The van der Waals surface area contributed by atoms with E-state index in [1.165, 1.54) is 0 Å². The minimum atomic E-state index is -0.941. The van der Waals surface area contributed by atoms with Crippen LogP contribution < -0.4 is 4.90 Å². The Balaban J connectivity index is 1.37. The van der Waals surface area contributed by atoms with Crippen LogP contribution in [0.4, 0.5) is 17.1 Å². The molecule has 0 N–H and O–H groups in total. The van der Waals surface area contributed by atoms with Crippen molar-refractivity contribution in [2.24, 2.45) is 0 Å². The molecule has 2 aromatic heterocycles. The summed E-state index contributed by atoms with van der Waals surface area (Å²) >= 11 is 0. The summed E-state index contributed by atoms with van der Waals surface area (Å²) in [6.07, 6.45) is 0. The lowest BCUT2D eigenvalue weighted by Crippen LogP contribution is -2.10. The van der Waals surface area contributed by atoms with Crippen molar-refractivity contribution >= 4 is 49.8 Å². The van der Waals surface area contributed by atoms with E-state index in [1.54, 1.807) is 24.3 Å². The molecule has 0 bridgehead atoms. The second-order valence-electron chi connectivity index (χ2n) is 12.0. The molecule has 0 saturated heterocycles. The number of anilines is 3. The van der Waals surface area contributed by atoms with Crippen molar-refractivity contribution in [2.45, 2.75) is 0 Å².